The Labute approximate surface area is 180 Å². The second-order valence-corrected chi connectivity index (χ2v) is 8.06. The van der Waals surface area contributed by atoms with Gasteiger partial charge in [-0.25, -0.2) is 0 Å². The summed E-state index contributed by atoms with van der Waals surface area (Å²) in [6.45, 7) is 4.50. The van der Waals surface area contributed by atoms with Gasteiger partial charge in [-0.15, -0.1) is 0 Å². The summed E-state index contributed by atoms with van der Waals surface area (Å²) in [4.78, 5) is 40.2. The Morgan fingerprint density at radius 2 is 1.71 bits per heavy atom. The van der Waals surface area contributed by atoms with Crippen LogP contribution in [-0.4, -0.2) is 38.4 Å². The molecule has 1 atom stereocenters. The van der Waals surface area contributed by atoms with Crippen LogP contribution in [0.1, 0.15) is 46.5 Å². The molecule has 1 aliphatic rings. The fourth-order valence-corrected chi connectivity index (χ4v) is 3.82. The molecule has 0 saturated carbocycles. The summed E-state index contributed by atoms with van der Waals surface area (Å²) in [6.07, 6.45) is 3.96. The molecule has 4 rings (SSSR count). The summed E-state index contributed by atoms with van der Waals surface area (Å²) in [5.41, 5.74) is 2.27. The zero-order valence-electron chi connectivity index (χ0n) is 17.5. The summed E-state index contributed by atoms with van der Waals surface area (Å²) in [6, 6.07) is 15.1. The van der Waals surface area contributed by atoms with Crippen molar-refractivity contribution >= 4 is 23.4 Å². The molecular formula is C24H24N4O3. The maximum atomic E-state index is 13.2. The number of nitrogens with zero attached hydrogens (tertiary/aromatic N) is 3. The van der Waals surface area contributed by atoms with Crippen LogP contribution in [0.25, 0.3) is 0 Å². The lowest BCUT2D eigenvalue weighted by molar-refractivity contribution is -0.120. The van der Waals surface area contributed by atoms with Crippen LogP contribution < -0.4 is 5.32 Å². The van der Waals surface area contributed by atoms with Crippen molar-refractivity contribution in [1.82, 2.24) is 14.7 Å². The van der Waals surface area contributed by atoms with Crippen LogP contribution in [0.4, 0.5) is 5.69 Å². The van der Waals surface area contributed by atoms with E-state index in [0.29, 0.717) is 29.8 Å². The van der Waals surface area contributed by atoms with E-state index in [1.807, 2.05) is 44.3 Å². The smallest absolute Gasteiger partial charge is 0.262 e. The van der Waals surface area contributed by atoms with Crippen molar-refractivity contribution in [2.24, 2.45) is 5.92 Å². The van der Waals surface area contributed by atoms with Crippen LogP contribution in [0.2, 0.25) is 0 Å². The van der Waals surface area contributed by atoms with E-state index >= 15 is 0 Å². The van der Waals surface area contributed by atoms with E-state index in [-0.39, 0.29) is 11.8 Å². The van der Waals surface area contributed by atoms with Crippen molar-refractivity contribution in [3.05, 3.63) is 83.7 Å². The Bertz CT molecular complexity index is 1090. The Morgan fingerprint density at radius 3 is 2.32 bits per heavy atom. The second-order valence-electron chi connectivity index (χ2n) is 8.06. The summed E-state index contributed by atoms with van der Waals surface area (Å²) >= 11 is 0. The highest BCUT2D eigenvalue weighted by atomic mass is 16.2. The molecule has 1 N–H and O–H groups in total. The molecule has 3 aromatic rings. The first-order valence-electron chi connectivity index (χ1n) is 10.3. The molecule has 2 aromatic carbocycles. The van der Waals surface area contributed by atoms with Gasteiger partial charge in [0.15, 0.2) is 0 Å². The van der Waals surface area contributed by atoms with Crippen molar-refractivity contribution in [1.29, 1.82) is 0 Å². The molecule has 0 bridgehead atoms. The number of nitrogens with one attached hydrogen (secondary N) is 1. The van der Waals surface area contributed by atoms with Crippen LogP contribution in [0.3, 0.4) is 0 Å². The standard InChI is InChI=1S/C24H24N4O3/c1-16(2)13-21(28-23(30)19-9-3-4-10-20(19)24(28)31)22(29)26-18-8-5-7-17(14-18)15-27-12-6-11-25-27/h3-12,14,16,21H,13,15H2,1-2H3,(H,26,29)/t21-/m0/s1. The fraction of sp³-hybridized carbons (Fsp3) is 0.250. The van der Waals surface area contributed by atoms with Crippen LogP contribution in [-0.2, 0) is 11.3 Å². The molecule has 0 aliphatic carbocycles. The number of anilines is 1. The maximum absolute atomic E-state index is 13.2. The minimum atomic E-state index is -0.887. The topological polar surface area (TPSA) is 84.3 Å². The van der Waals surface area contributed by atoms with Gasteiger partial charge in [0.2, 0.25) is 5.91 Å². The summed E-state index contributed by atoms with van der Waals surface area (Å²) < 4.78 is 1.79. The molecule has 0 spiro atoms. The highest BCUT2D eigenvalue weighted by Crippen LogP contribution is 2.27. The van der Waals surface area contributed by atoms with Gasteiger partial charge in [0.1, 0.15) is 6.04 Å². The van der Waals surface area contributed by atoms with E-state index in [0.717, 1.165) is 10.5 Å². The number of hydrogen-bond acceptors (Lipinski definition) is 4. The van der Waals surface area contributed by atoms with E-state index in [9.17, 15) is 14.4 Å². The van der Waals surface area contributed by atoms with Crippen LogP contribution >= 0.6 is 0 Å². The lowest BCUT2D eigenvalue weighted by Crippen LogP contribution is -2.47. The van der Waals surface area contributed by atoms with Crippen LogP contribution in [0.5, 0.6) is 0 Å². The zero-order valence-corrected chi connectivity index (χ0v) is 17.5. The molecule has 31 heavy (non-hydrogen) atoms. The van der Waals surface area contributed by atoms with Crippen LogP contribution in [0.15, 0.2) is 67.0 Å². The third-order valence-electron chi connectivity index (χ3n) is 5.23. The Hall–Kier alpha value is -3.74. The molecule has 3 amide bonds. The molecule has 7 heteroatoms. The predicted molar refractivity (Wildman–Crippen MR) is 117 cm³/mol. The second kappa shape index (κ2) is 8.55. The molecule has 7 nitrogen and oxygen atoms in total. The van der Waals surface area contributed by atoms with Crippen molar-refractivity contribution in [3.8, 4) is 0 Å². The highest BCUT2D eigenvalue weighted by Gasteiger charge is 2.42. The zero-order chi connectivity index (χ0) is 22.0. The van der Waals surface area contributed by atoms with Crippen molar-refractivity contribution < 1.29 is 14.4 Å². The Kier molecular flexibility index (Phi) is 5.66. The molecule has 1 aliphatic heterocycles. The third kappa shape index (κ3) is 4.26. The van der Waals surface area contributed by atoms with Gasteiger partial charge in [0.25, 0.3) is 11.8 Å². The molecule has 158 valence electrons. The first kappa shape index (κ1) is 20.5. The average molecular weight is 416 g/mol. The number of hydrogen-bond donors (Lipinski definition) is 1. The van der Waals surface area contributed by atoms with Gasteiger partial charge in [-0.05, 0) is 48.2 Å². The molecule has 0 radical (unpaired) electrons. The van der Waals surface area contributed by atoms with Gasteiger partial charge in [-0.3, -0.25) is 24.0 Å². The highest BCUT2D eigenvalue weighted by molar-refractivity contribution is 6.23. The number of rotatable bonds is 7. The van der Waals surface area contributed by atoms with Gasteiger partial charge in [0, 0.05) is 18.1 Å². The first-order chi connectivity index (χ1) is 14.9. The lowest BCUT2D eigenvalue weighted by atomic mass is 10.0. The number of carbonyl (C=O) groups excluding carboxylic acids is 3. The molecular weight excluding hydrogens is 392 g/mol. The molecule has 2 heterocycles. The molecule has 0 saturated heterocycles. The SMILES string of the molecule is CC(C)C[C@@H](C(=O)Nc1cccc(Cn2cccn2)c1)N1C(=O)c2ccccc2C1=O. The van der Waals surface area contributed by atoms with Gasteiger partial charge < -0.3 is 5.32 Å². The number of amides is 3. The monoisotopic (exact) mass is 416 g/mol. The summed E-state index contributed by atoms with van der Waals surface area (Å²) in [7, 11) is 0. The fourth-order valence-electron chi connectivity index (χ4n) is 3.82. The van der Waals surface area contributed by atoms with E-state index in [1.165, 1.54) is 0 Å². The molecule has 0 fully saturated rings. The average Bonchev–Trinajstić information content (AvgIpc) is 3.34. The van der Waals surface area contributed by atoms with Crippen molar-refractivity contribution in [2.75, 3.05) is 5.32 Å². The quantitative estimate of drug-likeness (QED) is 0.597. The lowest BCUT2D eigenvalue weighted by Gasteiger charge is -2.26. The number of imide groups is 1. The predicted octanol–water partition coefficient (Wildman–Crippen LogP) is 3.58. The summed E-state index contributed by atoms with van der Waals surface area (Å²) in [5, 5.41) is 7.10. The van der Waals surface area contributed by atoms with Crippen molar-refractivity contribution in [3.63, 3.8) is 0 Å². The van der Waals surface area contributed by atoms with E-state index < -0.39 is 17.9 Å². The van der Waals surface area contributed by atoms with Gasteiger partial charge in [0.05, 0.1) is 17.7 Å². The first-order valence-corrected chi connectivity index (χ1v) is 10.3. The number of benzene rings is 2. The number of carbonyl (C=O) groups is 3. The van der Waals surface area contributed by atoms with E-state index in [1.54, 1.807) is 41.2 Å². The molecule has 1 aromatic heterocycles. The van der Waals surface area contributed by atoms with Crippen molar-refractivity contribution in [2.45, 2.75) is 32.9 Å². The Morgan fingerprint density at radius 1 is 1.00 bits per heavy atom. The Balaban J connectivity index is 1.56. The van der Waals surface area contributed by atoms with E-state index in [4.69, 9.17) is 0 Å². The van der Waals surface area contributed by atoms with E-state index in [2.05, 4.69) is 10.4 Å². The maximum Gasteiger partial charge on any atom is 0.262 e. The number of aromatic nitrogens is 2. The molecule has 0 unspecified atom stereocenters. The largest absolute Gasteiger partial charge is 0.324 e. The normalized spacial score (nSPS) is 14.1. The van der Waals surface area contributed by atoms with Gasteiger partial charge in [-0.2, -0.15) is 5.10 Å². The van der Waals surface area contributed by atoms with Gasteiger partial charge in [-0.1, -0.05) is 38.1 Å². The van der Waals surface area contributed by atoms with Crippen LogP contribution in [0, 0.1) is 5.92 Å². The van der Waals surface area contributed by atoms with Gasteiger partial charge >= 0.3 is 0 Å². The summed E-state index contributed by atoms with van der Waals surface area (Å²) in [5.74, 6) is -1.10. The number of fused-ring (bicyclic) bond motifs is 1. The minimum Gasteiger partial charge on any atom is -0.324 e. The minimum absolute atomic E-state index is 0.117. The third-order valence-corrected chi connectivity index (χ3v) is 5.23.